The average Bonchev–Trinajstić information content (AvgIpc) is 3.10. The number of thioether (sulfide) groups is 1. The van der Waals surface area contributed by atoms with Gasteiger partial charge in [0.1, 0.15) is 0 Å². The van der Waals surface area contributed by atoms with Crippen molar-refractivity contribution in [2.45, 2.75) is 44.2 Å². The third-order valence-electron chi connectivity index (χ3n) is 4.82. The molecule has 0 amide bonds. The molecular formula is C16H25NOS2. The Morgan fingerprint density at radius 2 is 2.45 bits per heavy atom. The van der Waals surface area contributed by atoms with Crippen LogP contribution in [0, 0.1) is 5.92 Å². The summed E-state index contributed by atoms with van der Waals surface area (Å²) in [6, 6.07) is 2.81. The van der Waals surface area contributed by atoms with Gasteiger partial charge in [-0.1, -0.05) is 6.92 Å². The molecule has 2 aliphatic heterocycles. The molecule has 2 aliphatic rings. The molecule has 4 heteroatoms. The van der Waals surface area contributed by atoms with E-state index in [1.165, 1.54) is 36.3 Å². The van der Waals surface area contributed by atoms with E-state index in [0.717, 1.165) is 18.9 Å². The van der Waals surface area contributed by atoms with Gasteiger partial charge >= 0.3 is 0 Å². The molecule has 0 aliphatic carbocycles. The van der Waals surface area contributed by atoms with Gasteiger partial charge in [0.2, 0.25) is 0 Å². The minimum atomic E-state index is 0.187. The molecule has 3 rings (SSSR count). The number of hydrogen-bond donors (Lipinski definition) is 1. The van der Waals surface area contributed by atoms with Crippen LogP contribution in [-0.4, -0.2) is 30.8 Å². The fourth-order valence-electron chi connectivity index (χ4n) is 3.71. The average molecular weight is 312 g/mol. The van der Waals surface area contributed by atoms with Crippen LogP contribution in [0.2, 0.25) is 0 Å². The van der Waals surface area contributed by atoms with Crippen LogP contribution in [0.15, 0.2) is 11.4 Å². The second-order valence-electron chi connectivity index (χ2n) is 6.02. The van der Waals surface area contributed by atoms with Crippen molar-refractivity contribution < 1.29 is 4.74 Å². The SMILES string of the molecule is CCc1ccsc1C(NC)C1CCOC2(CCSC2)C1. The molecule has 20 heavy (non-hydrogen) atoms. The van der Waals surface area contributed by atoms with Gasteiger partial charge < -0.3 is 10.1 Å². The van der Waals surface area contributed by atoms with Crippen LogP contribution in [0.4, 0.5) is 0 Å². The largest absolute Gasteiger partial charge is 0.374 e. The van der Waals surface area contributed by atoms with E-state index in [9.17, 15) is 0 Å². The summed E-state index contributed by atoms with van der Waals surface area (Å²) in [6.07, 6.45) is 4.81. The first-order chi connectivity index (χ1) is 9.78. The van der Waals surface area contributed by atoms with Crippen molar-refractivity contribution in [1.82, 2.24) is 5.32 Å². The molecule has 0 saturated carbocycles. The molecule has 2 fully saturated rings. The molecule has 1 N–H and O–H groups in total. The first kappa shape index (κ1) is 14.9. The maximum Gasteiger partial charge on any atom is 0.0783 e. The van der Waals surface area contributed by atoms with Crippen LogP contribution in [-0.2, 0) is 11.2 Å². The van der Waals surface area contributed by atoms with E-state index in [1.54, 1.807) is 4.88 Å². The van der Waals surface area contributed by atoms with E-state index < -0.39 is 0 Å². The van der Waals surface area contributed by atoms with Crippen LogP contribution < -0.4 is 5.32 Å². The lowest BCUT2D eigenvalue weighted by molar-refractivity contribution is -0.0849. The van der Waals surface area contributed by atoms with Crippen molar-refractivity contribution in [3.63, 3.8) is 0 Å². The van der Waals surface area contributed by atoms with Gasteiger partial charge in [0.05, 0.1) is 5.60 Å². The normalized spacial score (nSPS) is 31.8. The molecule has 1 aromatic rings. The van der Waals surface area contributed by atoms with Crippen molar-refractivity contribution in [1.29, 1.82) is 0 Å². The van der Waals surface area contributed by atoms with Crippen LogP contribution >= 0.6 is 23.1 Å². The molecule has 0 radical (unpaired) electrons. The topological polar surface area (TPSA) is 21.3 Å². The molecule has 3 atom stereocenters. The van der Waals surface area contributed by atoms with E-state index in [0.29, 0.717) is 6.04 Å². The van der Waals surface area contributed by atoms with Gasteiger partial charge in [-0.15, -0.1) is 11.3 Å². The zero-order valence-electron chi connectivity index (χ0n) is 12.5. The fraction of sp³-hybridized carbons (Fsp3) is 0.750. The highest BCUT2D eigenvalue weighted by atomic mass is 32.2. The smallest absolute Gasteiger partial charge is 0.0783 e. The second kappa shape index (κ2) is 6.39. The molecule has 112 valence electrons. The third-order valence-corrected chi connectivity index (χ3v) is 7.09. The Kier molecular flexibility index (Phi) is 4.75. The summed E-state index contributed by atoms with van der Waals surface area (Å²) in [7, 11) is 2.12. The quantitative estimate of drug-likeness (QED) is 0.912. The first-order valence-corrected chi connectivity index (χ1v) is 9.76. The highest BCUT2D eigenvalue weighted by Gasteiger charge is 2.42. The molecule has 3 heterocycles. The zero-order chi connectivity index (χ0) is 14.0. The number of nitrogens with one attached hydrogen (secondary N) is 1. The number of aryl methyl sites for hydroxylation is 1. The van der Waals surface area contributed by atoms with Gasteiger partial charge in [-0.3, -0.25) is 0 Å². The maximum absolute atomic E-state index is 6.18. The third kappa shape index (κ3) is 2.80. The molecule has 2 nitrogen and oxygen atoms in total. The number of ether oxygens (including phenoxy) is 1. The molecule has 0 aromatic carbocycles. The van der Waals surface area contributed by atoms with Crippen LogP contribution in [0.25, 0.3) is 0 Å². The zero-order valence-corrected chi connectivity index (χ0v) is 14.1. The van der Waals surface area contributed by atoms with Gasteiger partial charge in [0, 0.05) is 23.3 Å². The van der Waals surface area contributed by atoms with E-state index in [4.69, 9.17) is 4.74 Å². The standard InChI is InChI=1S/C16H25NOS2/c1-3-12-5-8-20-15(12)14(17-2)13-4-7-18-16(10-13)6-9-19-11-16/h5,8,13-14,17H,3-4,6-7,9-11H2,1-2H3. The van der Waals surface area contributed by atoms with E-state index >= 15 is 0 Å². The highest BCUT2D eigenvalue weighted by Crippen LogP contribution is 2.45. The van der Waals surface area contributed by atoms with Crippen LogP contribution in [0.5, 0.6) is 0 Å². The summed E-state index contributed by atoms with van der Waals surface area (Å²) >= 11 is 3.99. The number of rotatable bonds is 4. The summed E-state index contributed by atoms with van der Waals surface area (Å²) in [5, 5.41) is 5.85. The predicted octanol–water partition coefficient (Wildman–Crippen LogP) is 3.87. The molecular weight excluding hydrogens is 286 g/mol. The molecule has 1 spiro atoms. The number of thiophene rings is 1. The van der Waals surface area contributed by atoms with Crippen molar-refractivity contribution in [2.24, 2.45) is 5.92 Å². The van der Waals surface area contributed by atoms with E-state index in [-0.39, 0.29) is 5.60 Å². The first-order valence-electron chi connectivity index (χ1n) is 7.73. The minimum absolute atomic E-state index is 0.187. The molecule has 3 unspecified atom stereocenters. The van der Waals surface area contributed by atoms with Gasteiger partial charge in [-0.05, 0) is 61.4 Å². The van der Waals surface area contributed by atoms with Crippen molar-refractivity contribution in [3.05, 3.63) is 21.9 Å². The van der Waals surface area contributed by atoms with Crippen LogP contribution in [0.1, 0.15) is 42.7 Å². The van der Waals surface area contributed by atoms with Gasteiger partial charge in [0.25, 0.3) is 0 Å². The second-order valence-corrected chi connectivity index (χ2v) is 8.07. The summed E-state index contributed by atoms with van der Waals surface area (Å²) in [5.74, 6) is 3.19. The Labute approximate surface area is 130 Å². The Morgan fingerprint density at radius 3 is 3.15 bits per heavy atom. The van der Waals surface area contributed by atoms with Gasteiger partial charge in [0.15, 0.2) is 0 Å². The van der Waals surface area contributed by atoms with Crippen molar-refractivity contribution >= 4 is 23.1 Å². The Hall–Kier alpha value is -0.0300. The van der Waals surface area contributed by atoms with Crippen LogP contribution in [0.3, 0.4) is 0 Å². The minimum Gasteiger partial charge on any atom is -0.374 e. The fourth-order valence-corrected chi connectivity index (χ4v) is 6.28. The Morgan fingerprint density at radius 1 is 1.55 bits per heavy atom. The van der Waals surface area contributed by atoms with E-state index in [1.807, 2.05) is 11.3 Å². The number of hydrogen-bond acceptors (Lipinski definition) is 4. The van der Waals surface area contributed by atoms with Gasteiger partial charge in [-0.25, -0.2) is 0 Å². The summed E-state index contributed by atoms with van der Waals surface area (Å²) in [5.41, 5.74) is 1.71. The molecule has 0 bridgehead atoms. The van der Waals surface area contributed by atoms with E-state index in [2.05, 4.69) is 42.5 Å². The highest BCUT2D eigenvalue weighted by molar-refractivity contribution is 7.99. The lowest BCUT2D eigenvalue weighted by atomic mass is 9.80. The van der Waals surface area contributed by atoms with Crippen molar-refractivity contribution in [3.8, 4) is 0 Å². The Bertz CT molecular complexity index is 439. The maximum atomic E-state index is 6.18. The lowest BCUT2D eigenvalue weighted by Crippen LogP contribution is -2.43. The molecule has 1 aromatic heterocycles. The van der Waals surface area contributed by atoms with Gasteiger partial charge in [-0.2, -0.15) is 11.8 Å². The monoisotopic (exact) mass is 311 g/mol. The summed E-state index contributed by atoms with van der Waals surface area (Å²) < 4.78 is 6.18. The summed E-state index contributed by atoms with van der Waals surface area (Å²) in [4.78, 5) is 1.56. The predicted molar refractivity (Wildman–Crippen MR) is 88.8 cm³/mol. The molecule has 2 saturated heterocycles. The van der Waals surface area contributed by atoms with Crippen molar-refractivity contribution in [2.75, 3.05) is 25.2 Å². The Balaban J connectivity index is 1.78. The lowest BCUT2D eigenvalue weighted by Gasteiger charge is -2.41. The summed E-state index contributed by atoms with van der Waals surface area (Å²) in [6.45, 7) is 3.20.